The lowest BCUT2D eigenvalue weighted by molar-refractivity contribution is 0.485. The summed E-state index contributed by atoms with van der Waals surface area (Å²) in [6.45, 7) is 1.95. The standard InChI is InChI=1S/C13H10Cl3NO/c1-7-2-3-12(11(17)4-7)18-13-6-9(15)8(14)5-10(13)16/h2-6H,17H2,1H3. The molecule has 0 saturated carbocycles. The summed E-state index contributed by atoms with van der Waals surface area (Å²) in [7, 11) is 0. The zero-order valence-electron chi connectivity index (χ0n) is 9.51. The highest BCUT2D eigenvalue weighted by Gasteiger charge is 2.09. The van der Waals surface area contributed by atoms with Crippen molar-refractivity contribution < 1.29 is 4.74 Å². The molecule has 0 aliphatic rings. The van der Waals surface area contributed by atoms with E-state index in [0.29, 0.717) is 32.3 Å². The molecular weight excluding hydrogens is 293 g/mol. The maximum Gasteiger partial charge on any atom is 0.150 e. The van der Waals surface area contributed by atoms with Gasteiger partial charge >= 0.3 is 0 Å². The SMILES string of the molecule is Cc1ccc(Oc2cc(Cl)c(Cl)cc2Cl)c(N)c1. The van der Waals surface area contributed by atoms with Crippen molar-refractivity contribution in [2.75, 3.05) is 5.73 Å². The van der Waals surface area contributed by atoms with Crippen LogP contribution >= 0.6 is 34.8 Å². The van der Waals surface area contributed by atoms with Crippen LogP contribution in [0.2, 0.25) is 15.1 Å². The maximum atomic E-state index is 6.03. The van der Waals surface area contributed by atoms with Crippen molar-refractivity contribution in [3.8, 4) is 11.5 Å². The summed E-state index contributed by atoms with van der Waals surface area (Å²) in [5.41, 5.74) is 7.45. The van der Waals surface area contributed by atoms with Crippen LogP contribution in [-0.2, 0) is 0 Å². The normalized spacial score (nSPS) is 10.4. The highest BCUT2D eigenvalue weighted by molar-refractivity contribution is 6.43. The van der Waals surface area contributed by atoms with E-state index in [-0.39, 0.29) is 0 Å². The van der Waals surface area contributed by atoms with Crippen molar-refractivity contribution in [3.63, 3.8) is 0 Å². The summed E-state index contributed by atoms with van der Waals surface area (Å²) < 4.78 is 5.63. The quantitative estimate of drug-likeness (QED) is 0.601. The maximum absolute atomic E-state index is 6.03. The first kappa shape index (κ1) is 13.3. The fourth-order valence-electron chi connectivity index (χ4n) is 1.46. The second-order valence-electron chi connectivity index (χ2n) is 3.84. The summed E-state index contributed by atoms with van der Waals surface area (Å²) in [6.07, 6.45) is 0. The largest absolute Gasteiger partial charge is 0.454 e. The zero-order chi connectivity index (χ0) is 13.3. The van der Waals surface area contributed by atoms with Gasteiger partial charge in [-0.3, -0.25) is 0 Å². The predicted molar refractivity (Wildman–Crippen MR) is 77.1 cm³/mol. The van der Waals surface area contributed by atoms with E-state index in [1.807, 2.05) is 19.1 Å². The first-order valence-electron chi connectivity index (χ1n) is 5.16. The third-order valence-electron chi connectivity index (χ3n) is 2.36. The van der Waals surface area contributed by atoms with Gasteiger partial charge in [-0.05, 0) is 30.7 Å². The molecule has 2 N–H and O–H groups in total. The van der Waals surface area contributed by atoms with E-state index in [4.69, 9.17) is 45.3 Å². The average molecular weight is 303 g/mol. The molecule has 0 heterocycles. The highest BCUT2D eigenvalue weighted by atomic mass is 35.5. The van der Waals surface area contributed by atoms with Crippen LogP contribution in [0.4, 0.5) is 5.69 Å². The molecule has 0 spiro atoms. The lowest BCUT2D eigenvalue weighted by atomic mass is 10.2. The van der Waals surface area contributed by atoms with Gasteiger partial charge < -0.3 is 10.5 Å². The van der Waals surface area contributed by atoms with Crippen LogP contribution in [-0.4, -0.2) is 0 Å². The van der Waals surface area contributed by atoms with Gasteiger partial charge in [0.1, 0.15) is 11.5 Å². The topological polar surface area (TPSA) is 35.2 Å². The summed E-state index contributed by atoms with van der Waals surface area (Å²) >= 11 is 17.8. The minimum Gasteiger partial charge on any atom is -0.454 e. The van der Waals surface area contributed by atoms with Gasteiger partial charge in [0.05, 0.1) is 20.8 Å². The third kappa shape index (κ3) is 2.83. The first-order valence-corrected chi connectivity index (χ1v) is 6.29. The summed E-state index contributed by atoms with van der Waals surface area (Å²) in [5.74, 6) is 0.947. The van der Waals surface area contributed by atoms with Gasteiger partial charge in [-0.25, -0.2) is 0 Å². The van der Waals surface area contributed by atoms with Gasteiger partial charge in [0, 0.05) is 6.07 Å². The Morgan fingerprint density at radius 3 is 2.22 bits per heavy atom. The Hall–Kier alpha value is -1.09. The molecule has 0 bridgehead atoms. The van der Waals surface area contributed by atoms with Crippen LogP contribution in [0.15, 0.2) is 30.3 Å². The molecule has 0 aromatic heterocycles. The Bertz CT molecular complexity index is 599. The number of nitrogens with two attached hydrogens (primary N) is 1. The van der Waals surface area contributed by atoms with E-state index < -0.39 is 0 Å². The molecule has 0 aliphatic heterocycles. The molecule has 5 heteroatoms. The number of rotatable bonds is 2. The van der Waals surface area contributed by atoms with E-state index in [1.54, 1.807) is 12.1 Å². The van der Waals surface area contributed by atoms with E-state index in [1.165, 1.54) is 6.07 Å². The Balaban J connectivity index is 2.37. The van der Waals surface area contributed by atoms with Crippen molar-refractivity contribution in [2.24, 2.45) is 0 Å². The Morgan fingerprint density at radius 1 is 0.889 bits per heavy atom. The van der Waals surface area contributed by atoms with Gasteiger partial charge in [-0.2, -0.15) is 0 Å². The number of benzene rings is 2. The smallest absolute Gasteiger partial charge is 0.150 e. The number of anilines is 1. The summed E-state index contributed by atoms with van der Waals surface area (Å²) in [4.78, 5) is 0. The number of hydrogen-bond acceptors (Lipinski definition) is 2. The third-order valence-corrected chi connectivity index (χ3v) is 3.38. The number of nitrogen functional groups attached to an aromatic ring is 1. The van der Waals surface area contributed by atoms with Crippen LogP contribution in [0, 0.1) is 6.92 Å². The second-order valence-corrected chi connectivity index (χ2v) is 5.06. The minimum atomic E-state index is 0.377. The molecule has 0 atom stereocenters. The van der Waals surface area contributed by atoms with Crippen molar-refractivity contribution in [2.45, 2.75) is 6.92 Å². The molecule has 2 rings (SSSR count). The van der Waals surface area contributed by atoms with Gasteiger partial charge in [0.15, 0.2) is 0 Å². The van der Waals surface area contributed by atoms with E-state index in [9.17, 15) is 0 Å². The zero-order valence-corrected chi connectivity index (χ0v) is 11.8. The Morgan fingerprint density at radius 2 is 1.56 bits per heavy atom. The van der Waals surface area contributed by atoms with Crippen molar-refractivity contribution >= 4 is 40.5 Å². The van der Waals surface area contributed by atoms with Crippen LogP contribution in [0.3, 0.4) is 0 Å². The number of hydrogen-bond donors (Lipinski definition) is 1. The van der Waals surface area contributed by atoms with E-state index in [2.05, 4.69) is 0 Å². The van der Waals surface area contributed by atoms with E-state index in [0.717, 1.165) is 5.56 Å². The minimum absolute atomic E-state index is 0.377. The first-order chi connectivity index (χ1) is 8.47. The van der Waals surface area contributed by atoms with Crippen molar-refractivity contribution in [1.82, 2.24) is 0 Å². The number of halogens is 3. The Labute approximate surface area is 120 Å². The molecular formula is C13H10Cl3NO. The van der Waals surface area contributed by atoms with Crippen LogP contribution in [0.25, 0.3) is 0 Å². The lowest BCUT2D eigenvalue weighted by Crippen LogP contribution is -1.93. The summed E-state index contributed by atoms with van der Waals surface area (Å²) in [5, 5.41) is 1.14. The van der Waals surface area contributed by atoms with Crippen molar-refractivity contribution in [3.05, 3.63) is 51.0 Å². The Kier molecular flexibility index (Phi) is 3.91. The highest BCUT2D eigenvalue weighted by Crippen LogP contribution is 2.37. The molecule has 2 aromatic rings. The molecule has 0 radical (unpaired) electrons. The summed E-state index contributed by atoms with van der Waals surface area (Å²) in [6, 6.07) is 8.60. The fraction of sp³-hybridized carbons (Fsp3) is 0.0769. The van der Waals surface area contributed by atoms with Crippen LogP contribution in [0.1, 0.15) is 5.56 Å². The monoisotopic (exact) mass is 301 g/mol. The van der Waals surface area contributed by atoms with Crippen molar-refractivity contribution in [1.29, 1.82) is 0 Å². The van der Waals surface area contributed by atoms with Crippen LogP contribution < -0.4 is 10.5 Å². The lowest BCUT2D eigenvalue weighted by Gasteiger charge is -2.11. The van der Waals surface area contributed by atoms with Crippen LogP contribution in [0.5, 0.6) is 11.5 Å². The number of aryl methyl sites for hydroxylation is 1. The molecule has 94 valence electrons. The van der Waals surface area contributed by atoms with E-state index >= 15 is 0 Å². The van der Waals surface area contributed by atoms with Gasteiger partial charge in [-0.1, -0.05) is 40.9 Å². The molecule has 0 saturated heterocycles. The molecule has 2 nitrogen and oxygen atoms in total. The molecule has 0 unspecified atom stereocenters. The molecule has 2 aromatic carbocycles. The molecule has 18 heavy (non-hydrogen) atoms. The molecule has 0 fully saturated rings. The molecule has 0 aliphatic carbocycles. The average Bonchev–Trinajstić information content (AvgIpc) is 2.29. The fourth-order valence-corrected chi connectivity index (χ4v) is 2.04. The second kappa shape index (κ2) is 5.27. The van der Waals surface area contributed by atoms with Gasteiger partial charge in [0.2, 0.25) is 0 Å². The predicted octanol–water partition coefficient (Wildman–Crippen LogP) is 5.33. The molecule has 0 amide bonds. The number of ether oxygens (including phenoxy) is 1. The van der Waals surface area contributed by atoms with Gasteiger partial charge in [0.25, 0.3) is 0 Å². The van der Waals surface area contributed by atoms with Gasteiger partial charge in [-0.15, -0.1) is 0 Å².